The number of benzene rings is 2. The minimum atomic E-state index is -1.06. The third-order valence-corrected chi connectivity index (χ3v) is 6.79. The van der Waals surface area contributed by atoms with Crippen molar-refractivity contribution in [3.05, 3.63) is 69.5 Å². The molecule has 1 saturated heterocycles. The molecule has 32 heavy (non-hydrogen) atoms. The summed E-state index contributed by atoms with van der Waals surface area (Å²) in [6.45, 7) is 3.65. The van der Waals surface area contributed by atoms with Gasteiger partial charge in [-0.3, -0.25) is 9.36 Å². The highest BCUT2D eigenvalue weighted by Gasteiger charge is 2.43. The summed E-state index contributed by atoms with van der Waals surface area (Å²) >= 11 is 0. The smallest absolute Gasteiger partial charge is 0.337 e. The molecule has 3 aromatic rings. The predicted molar refractivity (Wildman–Crippen MR) is 118 cm³/mol. The molecule has 0 unspecified atom stereocenters. The van der Waals surface area contributed by atoms with Crippen molar-refractivity contribution >= 4 is 22.6 Å². The fraction of sp³-hybridized carbons (Fsp3) is 0.375. The molecule has 0 bridgehead atoms. The molecule has 5 rings (SSSR count). The highest BCUT2D eigenvalue weighted by atomic mass is 19.1. The number of anilines is 1. The number of carboxylic acids is 1. The average molecular weight is 437 g/mol. The van der Waals surface area contributed by atoms with Gasteiger partial charge in [0.1, 0.15) is 11.6 Å². The number of rotatable bonds is 4. The molecule has 1 fully saturated rings. The Bertz CT molecular complexity index is 1280. The van der Waals surface area contributed by atoms with Crippen LogP contribution in [-0.2, 0) is 16.7 Å². The number of hydrogen-bond acceptors (Lipinski definition) is 5. The summed E-state index contributed by atoms with van der Waals surface area (Å²) < 4.78 is 21.8. The summed E-state index contributed by atoms with van der Waals surface area (Å²) in [4.78, 5) is 29.8. The van der Waals surface area contributed by atoms with Crippen LogP contribution in [0.3, 0.4) is 0 Å². The predicted octanol–water partition coefficient (Wildman–Crippen LogP) is 3.86. The van der Waals surface area contributed by atoms with E-state index in [2.05, 4.69) is 5.32 Å². The van der Waals surface area contributed by atoms with E-state index in [1.807, 2.05) is 6.92 Å². The Kier molecular flexibility index (Phi) is 4.97. The average Bonchev–Trinajstić information content (AvgIpc) is 3.12. The second-order valence-corrected chi connectivity index (χ2v) is 8.64. The van der Waals surface area contributed by atoms with Crippen LogP contribution >= 0.6 is 0 Å². The standard InChI is InChI=1S/C24H24FN3O4/c1-14(26-19-5-3-2-4-16(19)22(30)31)17-12-15(25)13-18-20(17)27-23-24(7-10-32-11-8-24)6-9-28(23)21(18)29/h2-5,12-14,26H,6-11H2,1H3,(H,30,31)/t14-/m1/s1. The van der Waals surface area contributed by atoms with E-state index in [0.29, 0.717) is 36.5 Å². The molecule has 7 nitrogen and oxygen atoms in total. The normalized spacial score (nSPS) is 17.9. The fourth-order valence-electron chi connectivity index (χ4n) is 5.04. The number of carbonyl (C=O) groups is 1. The van der Waals surface area contributed by atoms with Crippen LogP contribution < -0.4 is 10.9 Å². The van der Waals surface area contributed by atoms with Crippen molar-refractivity contribution in [3.63, 3.8) is 0 Å². The van der Waals surface area contributed by atoms with Crippen molar-refractivity contribution in [2.75, 3.05) is 18.5 Å². The van der Waals surface area contributed by atoms with E-state index in [-0.39, 0.29) is 21.9 Å². The van der Waals surface area contributed by atoms with E-state index in [0.717, 1.165) is 25.1 Å². The molecule has 0 radical (unpaired) electrons. The molecule has 0 amide bonds. The van der Waals surface area contributed by atoms with Crippen LogP contribution in [0.5, 0.6) is 0 Å². The lowest BCUT2D eigenvalue weighted by molar-refractivity contribution is 0.0492. The van der Waals surface area contributed by atoms with Crippen LogP contribution in [0.2, 0.25) is 0 Å². The van der Waals surface area contributed by atoms with Crippen LogP contribution in [-0.4, -0.2) is 33.8 Å². The van der Waals surface area contributed by atoms with Gasteiger partial charge in [-0.1, -0.05) is 12.1 Å². The van der Waals surface area contributed by atoms with Gasteiger partial charge in [0.25, 0.3) is 5.56 Å². The summed E-state index contributed by atoms with van der Waals surface area (Å²) in [7, 11) is 0. The number of fused-ring (bicyclic) bond motifs is 3. The van der Waals surface area contributed by atoms with Crippen molar-refractivity contribution in [1.82, 2.24) is 9.55 Å². The molecule has 166 valence electrons. The zero-order valence-electron chi connectivity index (χ0n) is 17.7. The van der Waals surface area contributed by atoms with Crippen LogP contribution in [0.1, 0.15) is 54.0 Å². The first kappa shape index (κ1) is 20.6. The first-order valence-corrected chi connectivity index (χ1v) is 10.8. The van der Waals surface area contributed by atoms with Crippen molar-refractivity contribution in [2.24, 2.45) is 0 Å². The lowest BCUT2D eigenvalue weighted by Crippen LogP contribution is -2.34. The highest BCUT2D eigenvalue weighted by Crippen LogP contribution is 2.42. The first-order chi connectivity index (χ1) is 15.4. The Morgan fingerprint density at radius 3 is 2.75 bits per heavy atom. The summed E-state index contributed by atoms with van der Waals surface area (Å²) in [5.41, 5.74) is 1.10. The highest BCUT2D eigenvalue weighted by molar-refractivity contribution is 5.94. The zero-order chi connectivity index (χ0) is 22.5. The Morgan fingerprint density at radius 2 is 2.00 bits per heavy atom. The number of aromatic carboxylic acids is 1. The van der Waals surface area contributed by atoms with Gasteiger partial charge in [-0.15, -0.1) is 0 Å². The number of nitrogens with one attached hydrogen (secondary N) is 1. The van der Waals surface area contributed by atoms with Gasteiger partial charge in [-0.25, -0.2) is 14.2 Å². The van der Waals surface area contributed by atoms with E-state index in [9.17, 15) is 19.1 Å². The number of aromatic nitrogens is 2. The Hall–Kier alpha value is -3.26. The minimum Gasteiger partial charge on any atom is -0.478 e. The van der Waals surface area contributed by atoms with Gasteiger partial charge in [0.15, 0.2) is 0 Å². The number of carboxylic acid groups (broad SMARTS) is 1. The lowest BCUT2D eigenvalue weighted by atomic mass is 9.78. The van der Waals surface area contributed by atoms with Gasteiger partial charge in [-0.2, -0.15) is 0 Å². The summed E-state index contributed by atoms with van der Waals surface area (Å²) in [6.07, 6.45) is 2.44. The van der Waals surface area contributed by atoms with Gasteiger partial charge >= 0.3 is 5.97 Å². The molecule has 0 aliphatic carbocycles. The van der Waals surface area contributed by atoms with Gasteiger partial charge in [0, 0.05) is 36.4 Å². The molecular formula is C24H24FN3O4. The topological polar surface area (TPSA) is 93.5 Å². The number of nitrogens with zero attached hydrogens (tertiary/aromatic N) is 2. The lowest BCUT2D eigenvalue weighted by Gasteiger charge is -2.32. The van der Waals surface area contributed by atoms with E-state index >= 15 is 0 Å². The van der Waals surface area contributed by atoms with E-state index < -0.39 is 17.8 Å². The number of ether oxygens (including phenoxy) is 1. The molecular weight excluding hydrogens is 413 g/mol. The molecule has 1 aromatic heterocycles. The van der Waals surface area contributed by atoms with Gasteiger partial charge in [0.2, 0.25) is 0 Å². The SMILES string of the molecule is C[C@@H](Nc1ccccc1C(=O)O)c1cc(F)cc2c(=O)n3c(nc12)C1(CCOCC1)CC3. The maximum absolute atomic E-state index is 14.6. The van der Waals surface area contributed by atoms with Gasteiger partial charge in [-0.05, 0) is 50.5 Å². The quantitative estimate of drug-likeness (QED) is 0.644. The van der Waals surface area contributed by atoms with Gasteiger partial charge in [0.05, 0.1) is 22.5 Å². The van der Waals surface area contributed by atoms with Crippen LogP contribution in [0, 0.1) is 5.82 Å². The molecule has 1 spiro atoms. The Balaban J connectivity index is 1.64. The molecule has 2 N–H and O–H groups in total. The molecule has 1 atom stereocenters. The van der Waals surface area contributed by atoms with Crippen LogP contribution in [0.15, 0.2) is 41.2 Å². The largest absolute Gasteiger partial charge is 0.478 e. The third-order valence-electron chi connectivity index (χ3n) is 6.79. The molecule has 0 saturated carbocycles. The fourth-order valence-corrected chi connectivity index (χ4v) is 5.04. The minimum absolute atomic E-state index is 0.120. The van der Waals surface area contributed by atoms with Crippen molar-refractivity contribution < 1.29 is 19.0 Å². The summed E-state index contributed by atoms with van der Waals surface area (Å²) in [5.74, 6) is -0.824. The van der Waals surface area contributed by atoms with Crippen molar-refractivity contribution in [1.29, 1.82) is 0 Å². The number of halogens is 1. The summed E-state index contributed by atoms with van der Waals surface area (Å²) in [5, 5.41) is 12.9. The van der Waals surface area contributed by atoms with E-state index in [4.69, 9.17) is 9.72 Å². The molecule has 8 heteroatoms. The monoisotopic (exact) mass is 437 g/mol. The summed E-state index contributed by atoms with van der Waals surface area (Å²) in [6, 6.07) is 8.70. The second-order valence-electron chi connectivity index (χ2n) is 8.64. The van der Waals surface area contributed by atoms with E-state index in [1.165, 1.54) is 18.2 Å². The maximum atomic E-state index is 14.6. The number of hydrogen-bond donors (Lipinski definition) is 2. The molecule has 3 heterocycles. The third kappa shape index (κ3) is 3.26. The Morgan fingerprint density at radius 1 is 1.25 bits per heavy atom. The van der Waals surface area contributed by atoms with Crippen molar-refractivity contribution in [3.8, 4) is 0 Å². The zero-order valence-corrected chi connectivity index (χ0v) is 17.7. The van der Waals surface area contributed by atoms with Crippen LogP contribution in [0.25, 0.3) is 10.9 Å². The first-order valence-electron chi connectivity index (χ1n) is 10.8. The molecule has 2 aliphatic heterocycles. The molecule has 2 aliphatic rings. The number of para-hydroxylation sites is 1. The Labute approximate surface area is 183 Å². The van der Waals surface area contributed by atoms with Crippen LogP contribution in [0.4, 0.5) is 10.1 Å². The second kappa shape index (κ2) is 7.70. The van der Waals surface area contributed by atoms with E-state index in [1.54, 1.807) is 22.8 Å². The van der Waals surface area contributed by atoms with Gasteiger partial charge < -0.3 is 15.2 Å². The van der Waals surface area contributed by atoms with Crippen molar-refractivity contribution in [2.45, 2.75) is 44.2 Å². The maximum Gasteiger partial charge on any atom is 0.337 e. The molecule has 2 aromatic carbocycles.